The summed E-state index contributed by atoms with van der Waals surface area (Å²) >= 11 is 0. The Balaban J connectivity index is 1.97. The molecule has 0 aliphatic carbocycles. The Morgan fingerprint density at radius 3 is 2.89 bits per heavy atom. The van der Waals surface area contributed by atoms with Crippen molar-refractivity contribution in [3.8, 4) is 0 Å². The van der Waals surface area contributed by atoms with Gasteiger partial charge in [-0.1, -0.05) is 12.1 Å². The average Bonchev–Trinajstić information content (AvgIpc) is 2.94. The van der Waals surface area contributed by atoms with E-state index in [4.69, 9.17) is 4.52 Å². The lowest BCUT2D eigenvalue weighted by atomic mass is 10.1. The van der Waals surface area contributed by atoms with E-state index in [2.05, 4.69) is 29.2 Å². The summed E-state index contributed by atoms with van der Waals surface area (Å²) in [6.45, 7) is 13.0. The van der Waals surface area contributed by atoms with Crippen molar-refractivity contribution < 1.29 is 4.52 Å². The maximum Gasteiger partial charge on any atom is 0.138 e. The fourth-order valence-corrected chi connectivity index (χ4v) is 3.00. The van der Waals surface area contributed by atoms with Gasteiger partial charge < -0.3 is 9.84 Å². The van der Waals surface area contributed by atoms with E-state index < -0.39 is 0 Å². The third-order valence-electron chi connectivity index (χ3n) is 4.05. The summed E-state index contributed by atoms with van der Waals surface area (Å²) in [5.41, 5.74) is 2.31. The van der Waals surface area contributed by atoms with E-state index in [1.807, 2.05) is 13.8 Å². The molecule has 1 aliphatic rings. The molecule has 0 bridgehead atoms. The molecule has 1 N–H and O–H groups in total. The smallest absolute Gasteiger partial charge is 0.138 e. The Morgan fingerprint density at radius 2 is 2.28 bits per heavy atom. The largest absolute Gasteiger partial charge is 0.361 e. The van der Waals surface area contributed by atoms with Gasteiger partial charge in [0.15, 0.2) is 0 Å². The number of likely N-dealkylation sites (tertiary alicyclic amines) is 1. The topological polar surface area (TPSA) is 41.3 Å². The predicted octanol–water partition coefficient (Wildman–Crippen LogP) is 2.28. The van der Waals surface area contributed by atoms with Gasteiger partial charge in [0.25, 0.3) is 0 Å². The molecule has 2 rings (SSSR count). The number of aryl methyl sites for hydroxylation is 2. The van der Waals surface area contributed by atoms with Crippen LogP contribution in [0.2, 0.25) is 0 Å². The van der Waals surface area contributed by atoms with Crippen LogP contribution in [-0.2, 0) is 0 Å². The third kappa shape index (κ3) is 2.75. The highest BCUT2D eigenvalue weighted by molar-refractivity contribution is 5.24. The summed E-state index contributed by atoms with van der Waals surface area (Å²) in [6.07, 6.45) is 1.29. The molecule has 1 saturated heterocycles. The van der Waals surface area contributed by atoms with Gasteiger partial charge in [-0.3, -0.25) is 4.90 Å². The first-order valence-corrected chi connectivity index (χ1v) is 7.01. The molecule has 102 valence electrons. The number of rotatable bonds is 5. The minimum absolute atomic E-state index is 0.419. The molecule has 1 aliphatic heterocycles. The van der Waals surface area contributed by atoms with E-state index >= 15 is 0 Å². The van der Waals surface area contributed by atoms with Crippen LogP contribution in [0.3, 0.4) is 0 Å². The Bertz CT molecular complexity index is 369. The molecule has 1 aromatic heterocycles. The first kappa shape index (κ1) is 13.6. The minimum atomic E-state index is 0.419. The number of nitrogens with one attached hydrogen (secondary N) is 1. The third-order valence-corrected chi connectivity index (χ3v) is 4.05. The Morgan fingerprint density at radius 1 is 1.50 bits per heavy atom. The average molecular weight is 251 g/mol. The van der Waals surface area contributed by atoms with E-state index in [9.17, 15) is 0 Å². The molecule has 1 aromatic rings. The molecule has 0 saturated carbocycles. The van der Waals surface area contributed by atoms with Crippen LogP contribution < -0.4 is 5.32 Å². The summed E-state index contributed by atoms with van der Waals surface area (Å²) < 4.78 is 5.28. The van der Waals surface area contributed by atoms with E-state index in [0.717, 1.165) is 30.5 Å². The lowest BCUT2D eigenvalue weighted by Gasteiger charge is -2.24. The standard InChI is InChI=1S/C14H25N3O/c1-5-15-8-13-6-7-17(9-13)11(3)14-10(2)16-18-12(14)4/h11,13,15H,5-9H2,1-4H3. The zero-order valence-electron chi connectivity index (χ0n) is 12.0. The summed E-state index contributed by atoms with van der Waals surface area (Å²) in [4.78, 5) is 2.55. The molecule has 0 radical (unpaired) electrons. The van der Waals surface area contributed by atoms with Crippen molar-refractivity contribution in [1.82, 2.24) is 15.4 Å². The lowest BCUT2D eigenvalue weighted by Crippen LogP contribution is -2.28. The molecular weight excluding hydrogens is 226 g/mol. The van der Waals surface area contributed by atoms with Crippen molar-refractivity contribution >= 4 is 0 Å². The van der Waals surface area contributed by atoms with Gasteiger partial charge in [-0.2, -0.15) is 0 Å². The van der Waals surface area contributed by atoms with Crippen molar-refractivity contribution in [2.75, 3.05) is 26.2 Å². The monoisotopic (exact) mass is 251 g/mol. The van der Waals surface area contributed by atoms with Crippen molar-refractivity contribution in [3.63, 3.8) is 0 Å². The molecule has 2 heterocycles. The van der Waals surface area contributed by atoms with Crippen LogP contribution in [0.5, 0.6) is 0 Å². The Hall–Kier alpha value is -0.870. The maximum atomic E-state index is 5.28. The lowest BCUT2D eigenvalue weighted by molar-refractivity contribution is 0.249. The minimum Gasteiger partial charge on any atom is -0.361 e. The molecule has 0 aromatic carbocycles. The fraction of sp³-hybridized carbons (Fsp3) is 0.786. The van der Waals surface area contributed by atoms with E-state index in [-0.39, 0.29) is 0 Å². The maximum absolute atomic E-state index is 5.28. The van der Waals surface area contributed by atoms with Gasteiger partial charge in [0, 0.05) is 18.2 Å². The van der Waals surface area contributed by atoms with Gasteiger partial charge in [-0.05, 0) is 52.7 Å². The molecule has 2 unspecified atom stereocenters. The molecule has 4 nitrogen and oxygen atoms in total. The van der Waals surface area contributed by atoms with Gasteiger partial charge in [0.05, 0.1) is 5.69 Å². The Kier molecular flexibility index (Phi) is 4.40. The zero-order chi connectivity index (χ0) is 13.1. The number of nitrogens with zero attached hydrogens (tertiary/aromatic N) is 2. The second kappa shape index (κ2) is 5.85. The van der Waals surface area contributed by atoms with E-state index in [0.29, 0.717) is 6.04 Å². The molecule has 4 heteroatoms. The second-order valence-corrected chi connectivity index (χ2v) is 5.37. The van der Waals surface area contributed by atoms with Crippen LogP contribution in [0.15, 0.2) is 4.52 Å². The quantitative estimate of drug-likeness (QED) is 0.871. The highest BCUT2D eigenvalue weighted by Gasteiger charge is 2.29. The van der Waals surface area contributed by atoms with Crippen molar-refractivity contribution in [2.45, 2.75) is 40.2 Å². The van der Waals surface area contributed by atoms with Crippen molar-refractivity contribution in [3.05, 3.63) is 17.0 Å². The highest BCUT2D eigenvalue weighted by Crippen LogP contribution is 2.30. The van der Waals surface area contributed by atoms with Gasteiger partial charge in [0.2, 0.25) is 0 Å². The van der Waals surface area contributed by atoms with Crippen LogP contribution >= 0.6 is 0 Å². The zero-order valence-corrected chi connectivity index (χ0v) is 12.0. The van der Waals surface area contributed by atoms with Crippen LogP contribution in [-0.4, -0.2) is 36.2 Å². The molecule has 1 fully saturated rings. The Labute approximate surface area is 110 Å². The number of hydrogen-bond acceptors (Lipinski definition) is 4. The summed E-state index contributed by atoms with van der Waals surface area (Å²) in [5.74, 6) is 1.75. The van der Waals surface area contributed by atoms with E-state index in [1.165, 1.54) is 25.1 Å². The molecule has 18 heavy (non-hydrogen) atoms. The van der Waals surface area contributed by atoms with Crippen LogP contribution in [0.4, 0.5) is 0 Å². The molecular formula is C14H25N3O. The van der Waals surface area contributed by atoms with Crippen LogP contribution in [0.25, 0.3) is 0 Å². The first-order valence-electron chi connectivity index (χ1n) is 7.01. The van der Waals surface area contributed by atoms with Gasteiger partial charge in [-0.15, -0.1) is 0 Å². The summed E-state index contributed by atoms with van der Waals surface area (Å²) in [6, 6.07) is 0.419. The highest BCUT2D eigenvalue weighted by atomic mass is 16.5. The summed E-state index contributed by atoms with van der Waals surface area (Å²) in [5, 5.41) is 7.51. The second-order valence-electron chi connectivity index (χ2n) is 5.37. The number of hydrogen-bond donors (Lipinski definition) is 1. The van der Waals surface area contributed by atoms with Gasteiger partial charge in [-0.25, -0.2) is 0 Å². The fourth-order valence-electron chi connectivity index (χ4n) is 3.00. The normalized spacial score (nSPS) is 22.6. The number of aromatic nitrogens is 1. The van der Waals surface area contributed by atoms with Crippen molar-refractivity contribution in [2.24, 2.45) is 5.92 Å². The van der Waals surface area contributed by atoms with Crippen LogP contribution in [0, 0.1) is 19.8 Å². The molecule has 0 amide bonds. The van der Waals surface area contributed by atoms with E-state index in [1.54, 1.807) is 0 Å². The first-order chi connectivity index (χ1) is 8.63. The van der Waals surface area contributed by atoms with Crippen LogP contribution in [0.1, 0.15) is 43.3 Å². The van der Waals surface area contributed by atoms with Gasteiger partial charge in [0.1, 0.15) is 5.76 Å². The van der Waals surface area contributed by atoms with Gasteiger partial charge >= 0.3 is 0 Å². The SMILES string of the molecule is CCNCC1CCN(C(C)c2c(C)noc2C)C1. The summed E-state index contributed by atoms with van der Waals surface area (Å²) in [7, 11) is 0. The molecule has 2 atom stereocenters. The molecule has 0 spiro atoms. The predicted molar refractivity (Wildman–Crippen MR) is 72.6 cm³/mol. The van der Waals surface area contributed by atoms with Crippen molar-refractivity contribution in [1.29, 1.82) is 0 Å².